The Morgan fingerprint density at radius 2 is 2.27 bits per heavy atom. The van der Waals surface area contributed by atoms with Crippen LogP contribution in [0.5, 0.6) is 0 Å². The molecule has 4 N–H and O–H groups in total. The molecule has 88 valence electrons. The summed E-state index contributed by atoms with van der Waals surface area (Å²) >= 11 is 0. The maximum absolute atomic E-state index is 11.3. The average Bonchev–Trinajstić information content (AvgIpc) is 2.23. The van der Waals surface area contributed by atoms with E-state index in [1.54, 1.807) is 0 Å². The molecule has 0 heterocycles. The van der Waals surface area contributed by atoms with E-state index in [-0.39, 0.29) is 11.9 Å². The van der Waals surface area contributed by atoms with Crippen LogP contribution in [0, 0.1) is 0 Å². The van der Waals surface area contributed by atoms with Gasteiger partial charge in [-0.15, -0.1) is 0 Å². The minimum Gasteiger partial charge on any atom is -0.356 e. The molecule has 0 fully saturated rings. The fourth-order valence-electron chi connectivity index (χ4n) is 1.27. The minimum absolute atomic E-state index is 0.0616. The van der Waals surface area contributed by atoms with E-state index in [1.807, 2.05) is 19.9 Å². The lowest BCUT2D eigenvalue weighted by molar-refractivity contribution is -0.121. The fourth-order valence-corrected chi connectivity index (χ4v) is 1.27. The molecule has 0 rings (SSSR count). The van der Waals surface area contributed by atoms with Crippen LogP contribution < -0.4 is 16.4 Å². The zero-order valence-electron chi connectivity index (χ0n) is 9.75. The van der Waals surface area contributed by atoms with E-state index in [2.05, 4.69) is 16.7 Å². The highest BCUT2D eigenvalue weighted by molar-refractivity contribution is 5.76. The first kappa shape index (κ1) is 14.1. The second kappa shape index (κ2) is 9.68. The van der Waals surface area contributed by atoms with Gasteiger partial charge in [0, 0.05) is 25.6 Å². The number of rotatable bonds is 8. The van der Waals surface area contributed by atoms with E-state index in [1.165, 1.54) is 0 Å². The number of nitrogens with one attached hydrogen (secondary N) is 2. The van der Waals surface area contributed by atoms with Gasteiger partial charge in [-0.1, -0.05) is 12.2 Å². The van der Waals surface area contributed by atoms with Crippen molar-refractivity contribution in [2.45, 2.75) is 32.7 Å². The molecule has 0 aromatic heterocycles. The Hall–Kier alpha value is -0.870. The van der Waals surface area contributed by atoms with Gasteiger partial charge in [-0.3, -0.25) is 4.79 Å². The van der Waals surface area contributed by atoms with Crippen molar-refractivity contribution in [1.29, 1.82) is 0 Å². The maximum Gasteiger partial charge on any atom is 0.221 e. The second-order valence-corrected chi connectivity index (χ2v) is 3.40. The molecule has 0 radical (unpaired) electrons. The smallest absolute Gasteiger partial charge is 0.221 e. The first-order chi connectivity index (χ1) is 7.24. The Kier molecular flexibility index (Phi) is 9.11. The van der Waals surface area contributed by atoms with Crippen LogP contribution in [0.25, 0.3) is 0 Å². The number of hydrogen-bond donors (Lipinski definition) is 3. The molecule has 1 amide bonds. The topological polar surface area (TPSA) is 67.1 Å². The van der Waals surface area contributed by atoms with E-state index < -0.39 is 0 Å². The maximum atomic E-state index is 11.3. The Morgan fingerprint density at radius 3 is 2.80 bits per heavy atom. The lowest BCUT2D eigenvalue weighted by Crippen LogP contribution is -2.41. The van der Waals surface area contributed by atoms with Crippen LogP contribution >= 0.6 is 0 Å². The molecule has 0 aromatic rings. The fraction of sp³-hybridized carbons (Fsp3) is 0.727. The van der Waals surface area contributed by atoms with Crippen molar-refractivity contribution in [3.8, 4) is 0 Å². The predicted molar refractivity (Wildman–Crippen MR) is 63.6 cm³/mol. The van der Waals surface area contributed by atoms with Crippen LogP contribution in [0.3, 0.4) is 0 Å². The molecule has 0 saturated carbocycles. The third kappa shape index (κ3) is 8.15. The number of hydrogen-bond acceptors (Lipinski definition) is 3. The molecule has 0 aliphatic carbocycles. The Balaban J connectivity index is 3.67. The number of amides is 1. The van der Waals surface area contributed by atoms with Crippen LogP contribution in [0.15, 0.2) is 12.2 Å². The van der Waals surface area contributed by atoms with E-state index >= 15 is 0 Å². The van der Waals surface area contributed by atoms with Gasteiger partial charge in [0.15, 0.2) is 0 Å². The van der Waals surface area contributed by atoms with Crippen LogP contribution in [-0.4, -0.2) is 31.6 Å². The molecule has 4 heteroatoms. The quantitative estimate of drug-likeness (QED) is 0.404. The van der Waals surface area contributed by atoms with Crippen molar-refractivity contribution < 1.29 is 4.79 Å². The predicted octanol–water partition coefficient (Wildman–Crippen LogP) is 0.396. The number of allylic oxidation sites excluding steroid dienone is 1. The van der Waals surface area contributed by atoms with Crippen molar-refractivity contribution in [1.82, 2.24) is 10.6 Å². The second-order valence-electron chi connectivity index (χ2n) is 3.40. The molecule has 0 aromatic carbocycles. The number of nitrogens with two attached hydrogens (primary N) is 1. The van der Waals surface area contributed by atoms with E-state index in [4.69, 9.17) is 5.73 Å². The lowest BCUT2D eigenvalue weighted by atomic mass is 10.2. The van der Waals surface area contributed by atoms with Crippen LogP contribution in [0.2, 0.25) is 0 Å². The molecular formula is C11H23N3O. The SMILES string of the molecule is C/C=C/CCNC(CN)CC(=O)NCC. The van der Waals surface area contributed by atoms with Crippen LogP contribution in [0.4, 0.5) is 0 Å². The van der Waals surface area contributed by atoms with Gasteiger partial charge in [0.25, 0.3) is 0 Å². The Bertz CT molecular complexity index is 192. The molecule has 15 heavy (non-hydrogen) atoms. The standard InChI is InChI=1S/C11H23N3O/c1-3-5-6-7-14-10(9-12)8-11(15)13-4-2/h3,5,10,14H,4,6-9,12H2,1-2H3,(H,13,15)/b5-3+. The lowest BCUT2D eigenvalue weighted by Gasteiger charge is -2.15. The number of carbonyl (C=O) groups excluding carboxylic acids is 1. The summed E-state index contributed by atoms with van der Waals surface area (Å²) in [5, 5.41) is 6.02. The molecule has 0 aliphatic rings. The van der Waals surface area contributed by atoms with Crippen molar-refractivity contribution in [2.24, 2.45) is 5.73 Å². The van der Waals surface area contributed by atoms with Gasteiger partial charge >= 0.3 is 0 Å². The molecule has 0 spiro atoms. The normalized spacial score (nSPS) is 13.0. The highest BCUT2D eigenvalue weighted by Gasteiger charge is 2.09. The largest absolute Gasteiger partial charge is 0.356 e. The highest BCUT2D eigenvalue weighted by atomic mass is 16.1. The summed E-state index contributed by atoms with van der Waals surface area (Å²) < 4.78 is 0. The van der Waals surface area contributed by atoms with Gasteiger partial charge in [-0.05, 0) is 26.8 Å². The van der Waals surface area contributed by atoms with Gasteiger partial charge in [-0.25, -0.2) is 0 Å². The monoisotopic (exact) mass is 213 g/mol. The van der Waals surface area contributed by atoms with Crippen molar-refractivity contribution >= 4 is 5.91 Å². The summed E-state index contributed by atoms with van der Waals surface area (Å²) in [5.74, 6) is 0.0616. The van der Waals surface area contributed by atoms with Gasteiger partial charge in [0.2, 0.25) is 5.91 Å². The van der Waals surface area contributed by atoms with Crippen LogP contribution in [0.1, 0.15) is 26.7 Å². The summed E-state index contributed by atoms with van der Waals surface area (Å²) in [6.07, 6.45) is 5.54. The third-order valence-electron chi connectivity index (χ3n) is 2.07. The van der Waals surface area contributed by atoms with Gasteiger partial charge in [0.05, 0.1) is 0 Å². The van der Waals surface area contributed by atoms with Crippen LogP contribution in [-0.2, 0) is 4.79 Å². The molecule has 1 atom stereocenters. The molecule has 4 nitrogen and oxygen atoms in total. The molecule has 1 unspecified atom stereocenters. The summed E-state index contributed by atoms with van der Waals surface area (Å²) in [7, 11) is 0. The van der Waals surface area contributed by atoms with Crippen molar-refractivity contribution in [3.63, 3.8) is 0 Å². The molecule has 0 bridgehead atoms. The zero-order chi connectivity index (χ0) is 11.5. The number of carbonyl (C=O) groups is 1. The summed E-state index contributed by atoms with van der Waals surface area (Å²) in [5.41, 5.74) is 5.57. The van der Waals surface area contributed by atoms with E-state index in [0.717, 1.165) is 13.0 Å². The van der Waals surface area contributed by atoms with E-state index in [9.17, 15) is 4.79 Å². The molecule has 0 aliphatic heterocycles. The Labute approximate surface area is 92.3 Å². The summed E-state index contributed by atoms with van der Waals surface area (Å²) in [6.45, 7) is 5.94. The van der Waals surface area contributed by atoms with Crippen molar-refractivity contribution in [2.75, 3.05) is 19.6 Å². The summed E-state index contributed by atoms with van der Waals surface area (Å²) in [6, 6.07) is 0.0850. The van der Waals surface area contributed by atoms with Crippen molar-refractivity contribution in [3.05, 3.63) is 12.2 Å². The van der Waals surface area contributed by atoms with Gasteiger partial charge in [-0.2, -0.15) is 0 Å². The zero-order valence-corrected chi connectivity index (χ0v) is 9.75. The summed E-state index contributed by atoms with van der Waals surface area (Å²) in [4.78, 5) is 11.3. The highest BCUT2D eigenvalue weighted by Crippen LogP contribution is 1.91. The first-order valence-corrected chi connectivity index (χ1v) is 5.55. The third-order valence-corrected chi connectivity index (χ3v) is 2.07. The minimum atomic E-state index is 0.0616. The van der Waals surface area contributed by atoms with E-state index in [0.29, 0.717) is 19.5 Å². The Morgan fingerprint density at radius 1 is 1.53 bits per heavy atom. The average molecular weight is 213 g/mol. The first-order valence-electron chi connectivity index (χ1n) is 5.55. The van der Waals surface area contributed by atoms with Gasteiger partial charge in [0.1, 0.15) is 0 Å². The molecular weight excluding hydrogens is 190 g/mol. The van der Waals surface area contributed by atoms with Gasteiger partial charge < -0.3 is 16.4 Å². The molecule has 0 saturated heterocycles.